The summed E-state index contributed by atoms with van der Waals surface area (Å²) in [5.74, 6) is 0. The monoisotopic (exact) mass is 289 g/mol. The van der Waals surface area contributed by atoms with E-state index in [0.717, 1.165) is 18.6 Å². The molecule has 0 aliphatic carbocycles. The molecule has 7 heteroatoms. The molecule has 0 atom stereocenters. The SMILES string of the molecule is C=CCNc1ccc(S(C)(=O)=O)cc1S(C)(=O)=O. The summed E-state index contributed by atoms with van der Waals surface area (Å²) in [5.41, 5.74) is 0.366. The maximum Gasteiger partial charge on any atom is 0.177 e. The van der Waals surface area contributed by atoms with E-state index in [1.54, 1.807) is 6.08 Å². The lowest BCUT2D eigenvalue weighted by molar-refractivity contribution is 0.600. The van der Waals surface area contributed by atoms with Crippen LogP contribution in [0, 0.1) is 0 Å². The lowest BCUT2D eigenvalue weighted by Crippen LogP contribution is -2.08. The highest BCUT2D eigenvalue weighted by Gasteiger charge is 2.17. The Labute approximate surface area is 107 Å². The topological polar surface area (TPSA) is 80.3 Å². The Morgan fingerprint density at radius 2 is 1.78 bits per heavy atom. The second kappa shape index (κ2) is 5.11. The van der Waals surface area contributed by atoms with Crippen molar-refractivity contribution in [1.29, 1.82) is 0 Å². The number of nitrogens with one attached hydrogen (secondary N) is 1. The molecule has 0 amide bonds. The number of hydrogen-bond donors (Lipinski definition) is 1. The maximum atomic E-state index is 11.6. The molecule has 18 heavy (non-hydrogen) atoms. The van der Waals surface area contributed by atoms with Crippen molar-refractivity contribution in [3.63, 3.8) is 0 Å². The summed E-state index contributed by atoms with van der Waals surface area (Å²) in [4.78, 5) is -0.0562. The van der Waals surface area contributed by atoms with Gasteiger partial charge in [-0.2, -0.15) is 0 Å². The molecule has 0 saturated carbocycles. The van der Waals surface area contributed by atoms with Crippen LogP contribution in [-0.4, -0.2) is 35.9 Å². The van der Waals surface area contributed by atoms with Gasteiger partial charge < -0.3 is 5.32 Å². The van der Waals surface area contributed by atoms with Crippen LogP contribution in [0.2, 0.25) is 0 Å². The number of hydrogen-bond acceptors (Lipinski definition) is 5. The summed E-state index contributed by atoms with van der Waals surface area (Å²) < 4.78 is 46.1. The van der Waals surface area contributed by atoms with E-state index in [4.69, 9.17) is 0 Å². The maximum absolute atomic E-state index is 11.6. The van der Waals surface area contributed by atoms with Crippen molar-refractivity contribution in [1.82, 2.24) is 0 Å². The Bertz CT molecular complexity index is 660. The van der Waals surface area contributed by atoms with Crippen molar-refractivity contribution in [3.05, 3.63) is 30.9 Å². The summed E-state index contributed by atoms with van der Waals surface area (Å²) in [6.45, 7) is 3.91. The summed E-state index contributed by atoms with van der Waals surface area (Å²) in [6, 6.07) is 3.97. The minimum absolute atomic E-state index is 0.0212. The predicted molar refractivity (Wildman–Crippen MR) is 71.3 cm³/mol. The van der Waals surface area contributed by atoms with E-state index in [2.05, 4.69) is 11.9 Å². The van der Waals surface area contributed by atoms with Gasteiger partial charge in [0.15, 0.2) is 19.7 Å². The molecule has 100 valence electrons. The van der Waals surface area contributed by atoms with Crippen LogP contribution < -0.4 is 5.32 Å². The van der Waals surface area contributed by atoms with Gasteiger partial charge in [-0.25, -0.2) is 16.8 Å². The molecule has 0 aromatic heterocycles. The molecule has 0 fully saturated rings. The lowest BCUT2D eigenvalue weighted by Gasteiger charge is -2.10. The normalized spacial score (nSPS) is 12.1. The highest BCUT2D eigenvalue weighted by molar-refractivity contribution is 7.91. The number of rotatable bonds is 5. The van der Waals surface area contributed by atoms with E-state index < -0.39 is 19.7 Å². The second-order valence-electron chi connectivity index (χ2n) is 3.87. The largest absolute Gasteiger partial charge is 0.381 e. The van der Waals surface area contributed by atoms with Crippen LogP contribution >= 0.6 is 0 Å². The van der Waals surface area contributed by atoms with Gasteiger partial charge in [-0.05, 0) is 18.2 Å². The third kappa shape index (κ3) is 3.58. The first-order valence-electron chi connectivity index (χ1n) is 5.05. The summed E-state index contributed by atoms with van der Waals surface area (Å²) >= 11 is 0. The van der Waals surface area contributed by atoms with Crippen LogP contribution in [-0.2, 0) is 19.7 Å². The Hall–Kier alpha value is -1.34. The van der Waals surface area contributed by atoms with E-state index in [1.807, 2.05) is 0 Å². The fourth-order valence-corrected chi connectivity index (χ4v) is 2.97. The summed E-state index contributed by atoms with van der Waals surface area (Å²) in [6.07, 6.45) is 3.65. The zero-order valence-corrected chi connectivity index (χ0v) is 11.8. The van der Waals surface area contributed by atoms with Gasteiger partial charge in [-0.1, -0.05) is 6.08 Å². The van der Waals surface area contributed by atoms with Crippen LogP contribution in [0.25, 0.3) is 0 Å². The molecular weight excluding hydrogens is 274 g/mol. The van der Waals surface area contributed by atoms with Crippen molar-refractivity contribution in [2.75, 3.05) is 24.4 Å². The Balaban J connectivity index is 3.44. The third-order valence-electron chi connectivity index (χ3n) is 2.22. The molecule has 0 heterocycles. The molecule has 1 aromatic carbocycles. The number of sulfone groups is 2. The predicted octanol–water partition coefficient (Wildman–Crippen LogP) is 1.09. The fraction of sp³-hybridized carbons (Fsp3) is 0.273. The molecule has 0 saturated heterocycles. The quantitative estimate of drug-likeness (QED) is 0.821. The van der Waals surface area contributed by atoms with Crippen molar-refractivity contribution in [2.24, 2.45) is 0 Å². The van der Waals surface area contributed by atoms with Gasteiger partial charge in [-0.15, -0.1) is 6.58 Å². The van der Waals surface area contributed by atoms with Crippen molar-refractivity contribution in [3.8, 4) is 0 Å². The van der Waals surface area contributed by atoms with Crippen LogP contribution in [0.1, 0.15) is 0 Å². The van der Waals surface area contributed by atoms with E-state index in [0.29, 0.717) is 12.2 Å². The third-order valence-corrected chi connectivity index (χ3v) is 4.46. The van der Waals surface area contributed by atoms with Crippen molar-refractivity contribution in [2.45, 2.75) is 9.79 Å². The lowest BCUT2D eigenvalue weighted by atomic mass is 10.3. The summed E-state index contributed by atoms with van der Waals surface area (Å²) in [5, 5.41) is 2.86. The standard InChI is InChI=1S/C11H15NO4S2/c1-4-7-12-10-6-5-9(17(2,13)14)8-11(10)18(3,15)16/h4-6,8,12H,1,7H2,2-3H3. The van der Waals surface area contributed by atoms with E-state index in [-0.39, 0.29) is 9.79 Å². The molecule has 0 bridgehead atoms. The average Bonchev–Trinajstić information content (AvgIpc) is 2.23. The Kier molecular flexibility index (Phi) is 4.18. The van der Waals surface area contributed by atoms with Gasteiger partial charge in [0.1, 0.15) is 0 Å². The van der Waals surface area contributed by atoms with Gasteiger partial charge in [-0.3, -0.25) is 0 Å². The molecule has 1 N–H and O–H groups in total. The van der Waals surface area contributed by atoms with Gasteiger partial charge in [0, 0.05) is 19.1 Å². The molecule has 0 aliphatic heterocycles. The van der Waals surface area contributed by atoms with E-state index in [9.17, 15) is 16.8 Å². The first-order valence-corrected chi connectivity index (χ1v) is 8.83. The van der Waals surface area contributed by atoms with Crippen LogP contribution in [0.3, 0.4) is 0 Å². The van der Waals surface area contributed by atoms with Crippen LogP contribution in [0.5, 0.6) is 0 Å². The minimum Gasteiger partial charge on any atom is -0.381 e. The molecule has 1 aromatic rings. The minimum atomic E-state index is -3.51. The van der Waals surface area contributed by atoms with Gasteiger partial charge in [0.2, 0.25) is 0 Å². The molecule has 0 spiro atoms. The van der Waals surface area contributed by atoms with Gasteiger partial charge in [0.25, 0.3) is 0 Å². The zero-order valence-electron chi connectivity index (χ0n) is 10.2. The van der Waals surface area contributed by atoms with Gasteiger partial charge >= 0.3 is 0 Å². The molecule has 0 radical (unpaired) electrons. The van der Waals surface area contributed by atoms with Crippen LogP contribution in [0.4, 0.5) is 5.69 Å². The smallest absolute Gasteiger partial charge is 0.177 e. The van der Waals surface area contributed by atoms with Crippen molar-refractivity contribution < 1.29 is 16.8 Å². The molecular formula is C11H15NO4S2. The number of anilines is 1. The van der Waals surface area contributed by atoms with Crippen LogP contribution in [0.15, 0.2) is 40.6 Å². The fourth-order valence-electron chi connectivity index (χ4n) is 1.37. The molecule has 1 rings (SSSR count). The first kappa shape index (κ1) is 14.7. The first-order chi connectivity index (χ1) is 8.16. The van der Waals surface area contributed by atoms with Crippen molar-refractivity contribution >= 4 is 25.4 Å². The van der Waals surface area contributed by atoms with E-state index >= 15 is 0 Å². The molecule has 0 unspecified atom stereocenters. The molecule has 0 aliphatic rings. The highest BCUT2D eigenvalue weighted by atomic mass is 32.2. The number of benzene rings is 1. The molecule has 5 nitrogen and oxygen atoms in total. The average molecular weight is 289 g/mol. The second-order valence-corrected chi connectivity index (χ2v) is 7.87. The Morgan fingerprint density at radius 1 is 1.17 bits per heavy atom. The Morgan fingerprint density at radius 3 is 2.22 bits per heavy atom. The summed E-state index contributed by atoms with van der Waals surface area (Å²) in [7, 11) is -6.94. The zero-order chi connectivity index (χ0) is 14.0. The van der Waals surface area contributed by atoms with E-state index in [1.165, 1.54) is 12.1 Å². The highest BCUT2D eigenvalue weighted by Crippen LogP contribution is 2.24. The van der Waals surface area contributed by atoms with Gasteiger partial charge in [0.05, 0.1) is 15.5 Å².